The number of ketones is 1. The van der Waals surface area contributed by atoms with E-state index >= 15 is 0 Å². The lowest BCUT2D eigenvalue weighted by molar-refractivity contribution is 0.103. The minimum atomic E-state index is -3.84. The van der Waals surface area contributed by atoms with Crippen LogP contribution in [0.3, 0.4) is 0 Å². The van der Waals surface area contributed by atoms with Crippen molar-refractivity contribution in [1.29, 1.82) is 0 Å². The van der Waals surface area contributed by atoms with Crippen LogP contribution in [0.4, 0.5) is 0 Å². The predicted molar refractivity (Wildman–Crippen MR) is 114 cm³/mol. The van der Waals surface area contributed by atoms with Gasteiger partial charge in [-0.2, -0.15) is 0 Å². The molecule has 0 aliphatic heterocycles. The number of carbonyl (C=O) groups is 1. The van der Waals surface area contributed by atoms with Crippen molar-refractivity contribution in [1.82, 2.24) is 4.98 Å². The van der Waals surface area contributed by atoms with Crippen molar-refractivity contribution < 1.29 is 21.6 Å². The van der Waals surface area contributed by atoms with E-state index in [1.165, 1.54) is 48.7 Å². The second kappa shape index (κ2) is 8.29. The van der Waals surface area contributed by atoms with E-state index in [4.69, 9.17) is 11.6 Å². The lowest BCUT2D eigenvalue weighted by Crippen LogP contribution is -2.11. The summed E-state index contributed by atoms with van der Waals surface area (Å²) in [5, 5.41) is 0.303. The van der Waals surface area contributed by atoms with Gasteiger partial charge in [-0.3, -0.25) is 9.78 Å². The molecule has 0 aliphatic carbocycles. The van der Waals surface area contributed by atoms with Crippen LogP contribution in [-0.4, -0.2) is 33.9 Å². The van der Waals surface area contributed by atoms with E-state index in [2.05, 4.69) is 4.98 Å². The number of nitrogens with zero attached hydrogens (tertiary/aromatic N) is 1. The topological polar surface area (TPSA) is 98.2 Å². The highest BCUT2D eigenvalue weighted by Crippen LogP contribution is 2.25. The third-order valence-corrected chi connectivity index (χ3v) is 7.49. The molecule has 6 nitrogen and oxygen atoms in total. The van der Waals surface area contributed by atoms with Gasteiger partial charge in [0.25, 0.3) is 0 Å². The SMILES string of the molecule is Cc1ccc(C(=O)c2cc(Cl)ccc2CS(=O)(=O)c2ccc(S(C)(=O)=O)cc2)cn1. The standard InChI is InChI=1S/C21H18ClNO5S2/c1-14-3-4-15(12-23-14)21(24)20-11-17(22)6-5-16(20)13-30(27,28)19-9-7-18(8-10-19)29(2,25)26/h3-12H,13H2,1-2H3. The van der Waals surface area contributed by atoms with Crippen LogP contribution in [0, 0.1) is 6.92 Å². The number of benzene rings is 2. The molecule has 1 heterocycles. The fourth-order valence-corrected chi connectivity index (χ4v) is 5.01. The van der Waals surface area contributed by atoms with Gasteiger partial charge in [-0.15, -0.1) is 0 Å². The van der Waals surface area contributed by atoms with Gasteiger partial charge in [-0.25, -0.2) is 16.8 Å². The number of carbonyl (C=O) groups excluding carboxylic acids is 1. The second-order valence-corrected chi connectivity index (χ2v) is 11.3. The maximum atomic E-state index is 12.9. The number of rotatable bonds is 6. The molecule has 0 saturated carbocycles. The van der Waals surface area contributed by atoms with Gasteiger partial charge in [0.05, 0.1) is 15.5 Å². The molecule has 0 unspecified atom stereocenters. The van der Waals surface area contributed by atoms with Gasteiger partial charge >= 0.3 is 0 Å². The molecular formula is C21H18ClNO5S2. The molecule has 0 radical (unpaired) electrons. The Morgan fingerprint density at radius 2 is 1.57 bits per heavy atom. The highest BCUT2D eigenvalue weighted by atomic mass is 35.5. The van der Waals surface area contributed by atoms with Crippen LogP contribution in [0.5, 0.6) is 0 Å². The summed E-state index contributed by atoms with van der Waals surface area (Å²) in [5.41, 5.74) is 1.53. The van der Waals surface area contributed by atoms with Crippen molar-refractivity contribution in [3.63, 3.8) is 0 Å². The first-order valence-corrected chi connectivity index (χ1v) is 12.7. The first kappa shape index (κ1) is 22.1. The summed E-state index contributed by atoms with van der Waals surface area (Å²) in [5.74, 6) is -0.828. The molecule has 0 N–H and O–H groups in total. The van der Waals surface area contributed by atoms with Crippen LogP contribution in [0.25, 0.3) is 0 Å². The van der Waals surface area contributed by atoms with Crippen molar-refractivity contribution in [2.24, 2.45) is 0 Å². The van der Waals surface area contributed by atoms with Crippen LogP contribution in [0.1, 0.15) is 27.2 Å². The summed E-state index contributed by atoms with van der Waals surface area (Å²) in [7, 11) is -7.28. The number of halogens is 1. The first-order chi connectivity index (χ1) is 14.0. The normalized spacial score (nSPS) is 12.0. The Kier molecular flexibility index (Phi) is 6.12. The average molecular weight is 464 g/mol. The summed E-state index contributed by atoms with van der Waals surface area (Å²) < 4.78 is 49.0. The Morgan fingerprint density at radius 3 is 2.13 bits per heavy atom. The molecule has 2 aromatic carbocycles. The van der Waals surface area contributed by atoms with E-state index in [9.17, 15) is 21.6 Å². The molecule has 0 saturated heterocycles. The van der Waals surface area contributed by atoms with Crippen molar-refractivity contribution >= 4 is 37.1 Å². The van der Waals surface area contributed by atoms with Crippen LogP contribution in [0.15, 0.2) is 70.6 Å². The molecule has 1 aromatic heterocycles. The van der Waals surface area contributed by atoms with E-state index in [1.807, 2.05) is 0 Å². The third-order valence-electron chi connectivity index (χ3n) is 4.45. The molecule has 0 atom stereocenters. The Balaban J connectivity index is 1.98. The summed E-state index contributed by atoms with van der Waals surface area (Å²) in [6.45, 7) is 1.79. The van der Waals surface area contributed by atoms with Crippen molar-refractivity contribution in [3.8, 4) is 0 Å². The van der Waals surface area contributed by atoms with Crippen molar-refractivity contribution in [3.05, 3.63) is 88.2 Å². The zero-order valence-electron chi connectivity index (χ0n) is 16.2. The number of sulfone groups is 2. The van der Waals surface area contributed by atoms with Gasteiger partial charge in [0.15, 0.2) is 25.5 Å². The van der Waals surface area contributed by atoms with Gasteiger partial charge in [0.1, 0.15) is 0 Å². The van der Waals surface area contributed by atoms with Gasteiger partial charge < -0.3 is 0 Å². The van der Waals surface area contributed by atoms with Crippen LogP contribution in [0.2, 0.25) is 5.02 Å². The molecule has 0 aliphatic rings. The average Bonchev–Trinajstić information content (AvgIpc) is 2.69. The van der Waals surface area contributed by atoms with E-state index < -0.39 is 25.4 Å². The molecule has 156 valence electrons. The summed E-state index contributed by atoms with van der Waals surface area (Å²) in [4.78, 5) is 17.0. The molecule has 9 heteroatoms. The Hall–Kier alpha value is -2.55. The predicted octanol–water partition coefficient (Wildman–Crippen LogP) is 3.65. The fraction of sp³-hybridized carbons (Fsp3) is 0.143. The lowest BCUT2D eigenvalue weighted by Gasteiger charge is -2.11. The fourth-order valence-electron chi connectivity index (χ4n) is 2.83. The summed E-state index contributed by atoms with van der Waals surface area (Å²) in [6, 6.07) is 12.7. The van der Waals surface area contributed by atoms with Crippen LogP contribution >= 0.6 is 11.6 Å². The van der Waals surface area contributed by atoms with Crippen molar-refractivity contribution in [2.45, 2.75) is 22.5 Å². The third kappa shape index (κ3) is 4.95. The maximum Gasteiger partial charge on any atom is 0.194 e. The molecular weight excluding hydrogens is 446 g/mol. The largest absolute Gasteiger partial charge is 0.289 e. The Labute approximate surface area is 180 Å². The lowest BCUT2D eigenvalue weighted by atomic mass is 10.00. The number of pyridine rings is 1. The van der Waals surface area contributed by atoms with Crippen LogP contribution < -0.4 is 0 Å². The highest BCUT2D eigenvalue weighted by Gasteiger charge is 2.22. The number of hydrogen-bond donors (Lipinski definition) is 0. The van der Waals surface area contributed by atoms with Gasteiger partial charge in [0, 0.05) is 34.3 Å². The second-order valence-electron chi connectivity index (χ2n) is 6.82. The van der Waals surface area contributed by atoms with Crippen LogP contribution in [-0.2, 0) is 25.4 Å². The summed E-state index contributed by atoms with van der Waals surface area (Å²) in [6.07, 6.45) is 2.48. The van der Waals surface area contributed by atoms with Gasteiger partial charge in [0.2, 0.25) is 0 Å². The maximum absolute atomic E-state index is 12.9. The first-order valence-electron chi connectivity index (χ1n) is 8.76. The number of aromatic nitrogens is 1. The van der Waals surface area contributed by atoms with E-state index in [1.54, 1.807) is 19.1 Å². The molecule has 0 fully saturated rings. The molecule has 30 heavy (non-hydrogen) atoms. The van der Waals surface area contributed by atoms with E-state index in [-0.39, 0.29) is 26.7 Å². The number of hydrogen-bond acceptors (Lipinski definition) is 6. The summed E-state index contributed by atoms with van der Waals surface area (Å²) >= 11 is 6.05. The minimum Gasteiger partial charge on any atom is -0.289 e. The molecule has 3 aromatic rings. The molecule has 0 amide bonds. The molecule has 3 rings (SSSR count). The van der Waals surface area contributed by atoms with Gasteiger partial charge in [-0.1, -0.05) is 17.7 Å². The Bertz CT molecular complexity index is 1310. The van der Waals surface area contributed by atoms with Gasteiger partial charge in [-0.05, 0) is 61.0 Å². The molecule has 0 spiro atoms. The highest BCUT2D eigenvalue weighted by molar-refractivity contribution is 7.91. The smallest absolute Gasteiger partial charge is 0.194 e. The minimum absolute atomic E-state index is 0.0238. The Morgan fingerprint density at radius 1 is 0.933 bits per heavy atom. The van der Waals surface area contributed by atoms with Crippen molar-refractivity contribution in [2.75, 3.05) is 6.26 Å². The van der Waals surface area contributed by atoms with E-state index in [0.717, 1.165) is 11.9 Å². The zero-order chi connectivity index (χ0) is 22.1. The number of aryl methyl sites for hydroxylation is 1. The molecule has 0 bridgehead atoms. The zero-order valence-corrected chi connectivity index (χ0v) is 18.6. The van der Waals surface area contributed by atoms with E-state index in [0.29, 0.717) is 10.6 Å². The monoisotopic (exact) mass is 463 g/mol. The quantitative estimate of drug-likeness (QED) is 0.517.